The maximum atomic E-state index is 12.2. The third-order valence-electron chi connectivity index (χ3n) is 9.66. The molecule has 4 nitrogen and oxygen atoms in total. The van der Waals surface area contributed by atoms with E-state index in [2.05, 4.69) is 12.1 Å². The van der Waals surface area contributed by atoms with Crippen molar-refractivity contribution in [2.45, 2.75) is 0 Å². The van der Waals surface area contributed by atoms with Crippen LogP contribution in [0, 0.1) is 22.7 Å². The average Bonchev–Trinajstić information content (AvgIpc) is 3.29. The smallest absolute Gasteiger partial charge is 0.151 e. The number of aldehydes is 2. The van der Waals surface area contributed by atoms with E-state index >= 15 is 0 Å². The van der Waals surface area contributed by atoms with Gasteiger partial charge < -0.3 is 0 Å². The van der Waals surface area contributed by atoms with Gasteiger partial charge in [0.1, 0.15) is 12.1 Å². The fourth-order valence-corrected chi connectivity index (χ4v) is 7.09. The molecule has 0 aliphatic carbocycles. The van der Waals surface area contributed by atoms with Gasteiger partial charge in [0.25, 0.3) is 0 Å². The molecule has 56 heavy (non-hydrogen) atoms. The van der Waals surface area contributed by atoms with Crippen LogP contribution >= 0.6 is 0 Å². The summed E-state index contributed by atoms with van der Waals surface area (Å²) >= 11 is 0. The number of benzene rings is 8. The Morgan fingerprint density at radius 3 is 0.786 bits per heavy atom. The van der Waals surface area contributed by atoms with Gasteiger partial charge in [0.05, 0.1) is 11.1 Å². The van der Waals surface area contributed by atoms with Gasteiger partial charge in [0.15, 0.2) is 12.6 Å². The van der Waals surface area contributed by atoms with E-state index in [4.69, 9.17) is 0 Å². The number of nitrogens with zero attached hydrogens (tertiary/aromatic N) is 2. The highest BCUT2D eigenvalue weighted by Crippen LogP contribution is 2.41. The number of carbonyl (C=O) groups excluding carboxylic acids is 2. The van der Waals surface area contributed by atoms with Crippen molar-refractivity contribution in [3.05, 3.63) is 216 Å². The second kappa shape index (κ2) is 17.3. The second-order valence-corrected chi connectivity index (χ2v) is 12.9. The Morgan fingerprint density at radius 2 is 0.554 bits per heavy atom. The van der Waals surface area contributed by atoms with E-state index in [1.807, 2.05) is 194 Å². The summed E-state index contributed by atoms with van der Waals surface area (Å²) in [6.45, 7) is 0. The standard InChI is InChI=1S/2C26H17NO/c2*27-17-24-22(19-10-4-1-5-11-19)16-23(20-12-6-2-7-13-20)25(18-28)26(24)21-14-8-3-9-15-21/h2*1-16,18H. The number of carbonyl (C=O) groups is 2. The lowest BCUT2D eigenvalue weighted by Crippen LogP contribution is -1.99. The molecule has 0 fully saturated rings. The van der Waals surface area contributed by atoms with Gasteiger partial charge in [-0.3, -0.25) is 9.59 Å². The minimum Gasteiger partial charge on any atom is -0.298 e. The van der Waals surface area contributed by atoms with Crippen LogP contribution in [0.5, 0.6) is 0 Å². The first-order valence-corrected chi connectivity index (χ1v) is 18.1. The summed E-state index contributed by atoms with van der Waals surface area (Å²) in [6, 6.07) is 67.2. The molecule has 0 aliphatic heterocycles. The Bertz CT molecular complexity index is 2510. The zero-order chi connectivity index (χ0) is 38.7. The van der Waals surface area contributed by atoms with Crippen LogP contribution in [0.1, 0.15) is 31.8 Å². The molecule has 264 valence electrons. The Labute approximate surface area is 326 Å². The predicted molar refractivity (Wildman–Crippen MR) is 226 cm³/mol. The summed E-state index contributed by atoms with van der Waals surface area (Å²) in [4.78, 5) is 24.4. The lowest BCUT2D eigenvalue weighted by atomic mass is 9.84. The summed E-state index contributed by atoms with van der Waals surface area (Å²) in [5.41, 5.74) is 12.3. The third kappa shape index (κ3) is 7.45. The molecular formula is C52H34N2O2. The molecule has 0 saturated heterocycles. The van der Waals surface area contributed by atoms with E-state index in [0.29, 0.717) is 33.4 Å². The quantitative estimate of drug-likeness (QED) is 0.146. The van der Waals surface area contributed by atoms with Crippen LogP contribution in [0.25, 0.3) is 66.8 Å². The molecule has 0 radical (unpaired) electrons. The van der Waals surface area contributed by atoms with Gasteiger partial charge in [0, 0.05) is 33.4 Å². The minimum absolute atomic E-state index is 0.513. The molecule has 0 spiro atoms. The van der Waals surface area contributed by atoms with E-state index in [0.717, 1.165) is 68.2 Å². The normalized spacial score (nSPS) is 10.2. The summed E-state index contributed by atoms with van der Waals surface area (Å²) in [5.74, 6) is 0. The molecule has 0 saturated carbocycles. The second-order valence-electron chi connectivity index (χ2n) is 12.9. The van der Waals surface area contributed by atoms with Crippen molar-refractivity contribution >= 4 is 12.6 Å². The average molecular weight is 719 g/mol. The van der Waals surface area contributed by atoms with Crippen molar-refractivity contribution < 1.29 is 9.59 Å². The van der Waals surface area contributed by atoms with Crippen LogP contribution in [0.3, 0.4) is 0 Å². The molecule has 0 unspecified atom stereocenters. The van der Waals surface area contributed by atoms with E-state index in [-0.39, 0.29) is 0 Å². The largest absolute Gasteiger partial charge is 0.298 e. The molecule has 0 aliphatic rings. The molecule has 8 aromatic rings. The van der Waals surface area contributed by atoms with Crippen molar-refractivity contribution in [2.75, 3.05) is 0 Å². The predicted octanol–water partition coefficient (Wildman–Crippen LogP) is 12.7. The van der Waals surface area contributed by atoms with E-state index < -0.39 is 0 Å². The van der Waals surface area contributed by atoms with Crippen molar-refractivity contribution in [3.8, 4) is 78.9 Å². The van der Waals surface area contributed by atoms with Gasteiger partial charge in [0.2, 0.25) is 0 Å². The lowest BCUT2D eigenvalue weighted by Gasteiger charge is -2.17. The highest BCUT2D eigenvalue weighted by molar-refractivity contribution is 6.03. The van der Waals surface area contributed by atoms with Gasteiger partial charge in [-0.15, -0.1) is 0 Å². The van der Waals surface area contributed by atoms with Gasteiger partial charge in [-0.25, -0.2) is 0 Å². The molecule has 0 N–H and O–H groups in total. The molecular weight excluding hydrogens is 685 g/mol. The van der Waals surface area contributed by atoms with E-state index in [1.54, 1.807) is 0 Å². The molecule has 0 amide bonds. The monoisotopic (exact) mass is 718 g/mol. The van der Waals surface area contributed by atoms with Crippen molar-refractivity contribution in [3.63, 3.8) is 0 Å². The van der Waals surface area contributed by atoms with Crippen molar-refractivity contribution in [1.29, 1.82) is 10.5 Å². The van der Waals surface area contributed by atoms with Gasteiger partial charge in [-0.05, 0) is 56.6 Å². The molecule has 0 aromatic heterocycles. The zero-order valence-electron chi connectivity index (χ0n) is 30.3. The van der Waals surface area contributed by atoms with Crippen LogP contribution < -0.4 is 0 Å². The van der Waals surface area contributed by atoms with Crippen molar-refractivity contribution in [2.24, 2.45) is 0 Å². The SMILES string of the molecule is N#Cc1c(-c2ccccc2)cc(-c2ccccc2)c(C=O)c1-c1ccccc1.N#Cc1c(-c2ccccc2)cc(-c2ccccc2)c(C=O)c1-c1ccccc1. The first-order valence-electron chi connectivity index (χ1n) is 18.1. The first kappa shape index (κ1) is 36.4. The van der Waals surface area contributed by atoms with E-state index in [1.165, 1.54) is 0 Å². The van der Waals surface area contributed by atoms with Crippen LogP contribution in [-0.4, -0.2) is 12.6 Å². The third-order valence-corrected chi connectivity index (χ3v) is 9.66. The number of hydrogen-bond acceptors (Lipinski definition) is 4. The number of rotatable bonds is 8. The van der Waals surface area contributed by atoms with Gasteiger partial charge >= 0.3 is 0 Å². The molecule has 8 aromatic carbocycles. The zero-order valence-corrected chi connectivity index (χ0v) is 30.3. The topological polar surface area (TPSA) is 81.7 Å². The summed E-state index contributed by atoms with van der Waals surface area (Å²) in [6.07, 6.45) is 1.72. The summed E-state index contributed by atoms with van der Waals surface area (Å²) in [5, 5.41) is 20.1. The maximum absolute atomic E-state index is 12.2. The first-order chi connectivity index (χ1) is 27.7. The van der Waals surface area contributed by atoms with Gasteiger partial charge in [-0.1, -0.05) is 182 Å². The highest BCUT2D eigenvalue weighted by Gasteiger charge is 2.22. The molecule has 8 rings (SSSR count). The fraction of sp³-hybridized carbons (Fsp3) is 0. The Kier molecular flexibility index (Phi) is 11.2. The van der Waals surface area contributed by atoms with Crippen LogP contribution in [0.4, 0.5) is 0 Å². The molecule has 0 atom stereocenters. The molecule has 0 heterocycles. The van der Waals surface area contributed by atoms with E-state index in [9.17, 15) is 20.1 Å². The number of hydrogen-bond donors (Lipinski definition) is 0. The van der Waals surface area contributed by atoms with Crippen LogP contribution in [-0.2, 0) is 0 Å². The maximum Gasteiger partial charge on any atom is 0.151 e. The van der Waals surface area contributed by atoms with Crippen LogP contribution in [0.2, 0.25) is 0 Å². The lowest BCUT2D eigenvalue weighted by molar-refractivity contribution is 0.111. The van der Waals surface area contributed by atoms with Crippen LogP contribution in [0.15, 0.2) is 194 Å². The minimum atomic E-state index is 0.513. The Balaban J connectivity index is 0.000000172. The number of nitriles is 2. The summed E-state index contributed by atoms with van der Waals surface area (Å²) < 4.78 is 0. The highest BCUT2D eigenvalue weighted by atomic mass is 16.1. The van der Waals surface area contributed by atoms with Gasteiger partial charge in [-0.2, -0.15) is 10.5 Å². The molecule has 0 bridgehead atoms. The fourth-order valence-electron chi connectivity index (χ4n) is 7.09. The van der Waals surface area contributed by atoms with Crippen molar-refractivity contribution in [1.82, 2.24) is 0 Å². The molecule has 4 heteroatoms. The Hall–Kier alpha value is -7.92. The Morgan fingerprint density at radius 1 is 0.321 bits per heavy atom. The summed E-state index contributed by atoms with van der Waals surface area (Å²) in [7, 11) is 0.